The number of nitrogens with zero attached hydrogens (tertiary/aromatic N) is 1. The lowest BCUT2D eigenvalue weighted by molar-refractivity contribution is 0.0946. The summed E-state index contributed by atoms with van der Waals surface area (Å²) in [6.07, 6.45) is 0. The van der Waals surface area contributed by atoms with Crippen LogP contribution < -0.4 is 15.0 Å². The summed E-state index contributed by atoms with van der Waals surface area (Å²) in [5, 5.41) is 3.00. The Kier molecular flexibility index (Phi) is 6.62. The Bertz CT molecular complexity index is 952. The van der Waals surface area contributed by atoms with Gasteiger partial charge in [0.1, 0.15) is 12.4 Å². The zero-order valence-corrected chi connectivity index (χ0v) is 16.9. The standard InChI is InChI=1S/C25H26N2O3/c28-25(23-8-4-5-9-24(23)30-19-21-6-2-1-3-7-21)26-18-20-10-12-22(13-11-20)27-14-16-29-17-15-27/h1-13H,14-19H2,(H,26,28). The molecule has 0 saturated carbocycles. The predicted molar refractivity (Wildman–Crippen MR) is 118 cm³/mol. The van der Waals surface area contributed by atoms with Gasteiger partial charge >= 0.3 is 0 Å². The van der Waals surface area contributed by atoms with Crippen LogP contribution in [0.25, 0.3) is 0 Å². The molecule has 1 N–H and O–H groups in total. The molecule has 1 aliphatic rings. The molecule has 30 heavy (non-hydrogen) atoms. The highest BCUT2D eigenvalue weighted by Gasteiger charge is 2.13. The molecule has 1 saturated heterocycles. The molecule has 0 aliphatic carbocycles. The van der Waals surface area contributed by atoms with Gasteiger partial charge in [0.25, 0.3) is 5.91 Å². The van der Waals surface area contributed by atoms with Crippen molar-refractivity contribution in [2.75, 3.05) is 31.2 Å². The summed E-state index contributed by atoms with van der Waals surface area (Å²) in [5.74, 6) is 0.442. The lowest BCUT2D eigenvalue weighted by atomic mass is 10.1. The van der Waals surface area contributed by atoms with E-state index in [1.165, 1.54) is 5.69 Å². The van der Waals surface area contributed by atoms with Crippen molar-refractivity contribution in [3.05, 3.63) is 95.6 Å². The number of amides is 1. The average molecular weight is 402 g/mol. The van der Waals surface area contributed by atoms with E-state index < -0.39 is 0 Å². The summed E-state index contributed by atoms with van der Waals surface area (Å²) >= 11 is 0. The van der Waals surface area contributed by atoms with E-state index in [0.29, 0.717) is 24.5 Å². The number of carbonyl (C=O) groups excluding carboxylic acids is 1. The molecule has 1 aliphatic heterocycles. The monoisotopic (exact) mass is 402 g/mol. The van der Waals surface area contributed by atoms with Crippen molar-refractivity contribution in [3.8, 4) is 5.75 Å². The molecule has 0 bridgehead atoms. The minimum absolute atomic E-state index is 0.143. The predicted octanol–water partition coefficient (Wildman–Crippen LogP) is 4.03. The number of benzene rings is 3. The molecule has 4 rings (SSSR count). The van der Waals surface area contributed by atoms with Gasteiger partial charge in [0, 0.05) is 25.3 Å². The lowest BCUT2D eigenvalue weighted by Gasteiger charge is -2.28. The first-order chi connectivity index (χ1) is 14.8. The summed E-state index contributed by atoms with van der Waals surface area (Å²) in [6, 6.07) is 25.6. The molecule has 0 spiro atoms. The van der Waals surface area contributed by atoms with Gasteiger partial charge in [0.2, 0.25) is 0 Å². The number of hydrogen-bond acceptors (Lipinski definition) is 4. The van der Waals surface area contributed by atoms with Crippen molar-refractivity contribution in [3.63, 3.8) is 0 Å². The first kappa shape index (κ1) is 20.0. The van der Waals surface area contributed by atoms with Crippen molar-refractivity contribution in [1.82, 2.24) is 5.32 Å². The molecule has 3 aromatic rings. The molecule has 3 aromatic carbocycles. The largest absolute Gasteiger partial charge is 0.488 e. The molecule has 5 nitrogen and oxygen atoms in total. The summed E-state index contributed by atoms with van der Waals surface area (Å²) in [7, 11) is 0. The molecule has 0 radical (unpaired) electrons. The fourth-order valence-corrected chi connectivity index (χ4v) is 3.44. The smallest absolute Gasteiger partial charge is 0.255 e. The minimum atomic E-state index is -0.143. The fraction of sp³-hybridized carbons (Fsp3) is 0.240. The molecule has 1 fully saturated rings. The molecular formula is C25H26N2O3. The van der Waals surface area contributed by atoms with Crippen LogP contribution in [0.1, 0.15) is 21.5 Å². The number of rotatable bonds is 7. The molecule has 1 amide bonds. The van der Waals surface area contributed by atoms with E-state index in [2.05, 4.69) is 34.5 Å². The summed E-state index contributed by atoms with van der Waals surface area (Å²) in [6.45, 7) is 4.25. The normalized spacial score (nSPS) is 13.7. The topological polar surface area (TPSA) is 50.8 Å². The quantitative estimate of drug-likeness (QED) is 0.648. The van der Waals surface area contributed by atoms with Gasteiger partial charge in [-0.1, -0.05) is 54.6 Å². The van der Waals surface area contributed by atoms with Crippen LogP contribution in [0.5, 0.6) is 5.75 Å². The first-order valence-corrected chi connectivity index (χ1v) is 10.3. The van der Waals surface area contributed by atoms with Crippen molar-refractivity contribution >= 4 is 11.6 Å². The van der Waals surface area contributed by atoms with Crippen LogP contribution in [-0.2, 0) is 17.9 Å². The molecule has 0 unspecified atom stereocenters. The van der Waals surface area contributed by atoms with Crippen molar-refractivity contribution in [1.29, 1.82) is 0 Å². The Labute approximate surface area is 177 Å². The molecule has 1 heterocycles. The van der Waals surface area contributed by atoms with Gasteiger partial charge in [-0.3, -0.25) is 4.79 Å². The van der Waals surface area contributed by atoms with Gasteiger partial charge in [0.05, 0.1) is 18.8 Å². The van der Waals surface area contributed by atoms with E-state index in [0.717, 1.165) is 37.4 Å². The summed E-state index contributed by atoms with van der Waals surface area (Å²) < 4.78 is 11.3. The number of hydrogen-bond donors (Lipinski definition) is 1. The summed E-state index contributed by atoms with van der Waals surface area (Å²) in [5.41, 5.74) is 3.85. The van der Waals surface area contributed by atoms with Crippen molar-refractivity contribution < 1.29 is 14.3 Å². The van der Waals surface area contributed by atoms with Crippen molar-refractivity contribution in [2.45, 2.75) is 13.2 Å². The van der Waals surface area contributed by atoms with Gasteiger partial charge < -0.3 is 19.7 Å². The van der Waals surface area contributed by atoms with E-state index in [1.54, 1.807) is 6.07 Å². The first-order valence-electron chi connectivity index (χ1n) is 10.3. The van der Waals surface area contributed by atoms with Crippen LogP contribution >= 0.6 is 0 Å². The second kappa shape index (κ2) is 9.94. The molecule has 0 aromatic heterocycles. The third kappa shape index (κ3) is 5.19. The number of ether oxygens (including phenoxy) is 2. The Balaban J connectivity index is 1.35. The van der Waals surface area contributed by atoms with Gasteiger partial charge in [-0.05, 0) is 35.4 Å². The highest BCUT2D eigenvalue weighted by Crippen LogP contribution is 2.20. The van der Waals surface area contributed by atoms with Crippen LogP contribution in [0.15, 0.2) is 78.9 Å². The molecular weight excluding hydrogens is 376 g/mol. The second-order valence-electron chi connectivity index (χ2n) is 7.22. The fourth-order valence-electron chi connectivity index (χ4n) is 3.44. The number of nitrogens with one attached hydrogen (secondary N) is 1. The van der Waals surface area contributed by atoms with Crippen LogP contribution in [-0.4, -0.2) is 32.2 Å². The maximum absolute atomic E-state index is 12.8. The number of anilines is 1. The zero-order chi connectivity index (χ0) is 20.6. The van der Waals surface area contributed by atoms with E-state index in [4.69, 9.17) is 9.47 Å². The summed E-state index contributed by atoms with van der Waals surface area (Å²) in [4.78, 5) is 15.1. The Morgan fingerprint density at radius 3 is 2.33 bits per heavy atom. The van der Waals surface area contributed by atoms with E-state index >= 15 is 0 Å². The SMILES string of the molecule is O=C(NCc1ccc(N2CCOCC2)cc1)c1ccccc1OCc1ccccc1. The Morgan fingerprint density at radius 1 is 0.867 bits per heavy atom. The Hall–Kier alpha value is -3.31. The molecule has 154 valence electrons. The maximum atomic E-state index is 12.8. The third-order valence-electron chi connectivity index (χ3n) is 5.13. The Morgan fingerprint density at radius 2 is 1.57 bits per heavy atom. The lowest BCUT2D eigenvalue weighted by Crippen LogP contribution is -2.36. The zero-order valence-electron chi connectivity index (χ0n) is 16.9. The van der Waals surface area contributed by atoms with Gasteiger partial charge in [-0.15, -0.1) is 0 Å². The van der Waals surface area contributed by atoms with Gasteiger partial charge in [0.15, 0.2) is 0 Å². The van der Waals surface area contributed by atoms with E-state index in [9.17, 15) is 4.79 Å². The van der Waals surface area contributed by atoms with Gasteiger partial charge in [-0.2, -0.15) is 0 Å². The number of para-hydroxylation sites is 1. The van der Waals surface area contributed by atoms with Crippen LogP contribution in [0.4, 0.5) is 5.69 Å². The number of carbonyl (C=O) groups is 1. The van der Waals surface area contributed by atoms with E-state index in [-0.39, 0.29) is 5.91 Å². The van der Waals surface area contributed by atoms with Crippen LogP contribution in [0, 0.1) is 0 Å². The van der Waals surface area contributed by atoms with Gasteiger partial charge in [-0.25, -0.2) is 0 Å². The average Bonchev–Trinajstić information content (AvgIpc) is 2.83. The minimum Gasteiger partial charge on any atom is -0.488 e. The number of morpholine rings is 1. The highest BCUT2D eigenvalue weighted by atomic mass is 16.5. The maximum Gasteiger partial charge on any atom is 0.255 e. The molecule has 5 heteroatoms. The molecule has 0 atom stereocenters. The second-order valence-corrected chi connectivity index (χ2v) is 7.22. The van der Waals surface area contributed by atoms with Crippen LogP contribution in [0.2, 0.25) is 0 Å². The van der Waals surface area contributed by atoms with E-state index in [1.807, 2.05) is 48.5 Å². The third-order valence-corrected chi connectivity index (χ3v) is 5.13. The van der Waals surface area contributed by atoms with Crippen LogP contribution in [0.3, 0.4) is 0 Å². The highest BCUT2D eigenvalue weighted by molar-refractivity contribution is 5.96. The van der Waals surface area contributed by atoms with Crippen molar-refractivity contribution in [2.24, 2.45) is 0 Å².